The third-order valence-corrected chi connectivity index (χ3v) is 2.76. The molecular formula is C11H19NO7. The molecule has 0 spiro atoms. The predicted molar refractivity (Wildman–Crippen MR) is 61.9 cm³/mol. The van der Waals surface area contributed by atoms with Crippen LogP contribution >= 0.6 is 0 Å². The van der Waals surface area contributed by atoms with Crippen LogP contribution in [-0.4, -0.2) is 66.4 Å². The van der Waals surface area contributed by atoms with Gasteiger partial charge in [0.25, 0.3) is 0 Å². The average molecular weight is 277 g/mol. The first-order valence-corrected chi connectivity index (χ1v) is 5.82. The maximum Gasteiger partial charge on any atom is 0.303 e. The molecule has 3 N–H and O–H groups in total. The molecule has 0 aromatic carbocycles. The van der Waals surface area contributed by atoms with Gasteiger partial charge in [0.05, 0.1) is 6.61 Å². The molecule has 0 aliphatic carbocycles. The summed E-state index contributed by atoms with van der Waals surface area (Å²) in [7, 11) is 1.34. The molecule has 5 atom stereocenters. The summed E-state index contributed by atoms with van der Waals surface area (Å²) in [5.41, 5.74) is 0. The van der Waals surface area contributed by atoms with E-state index >= 15 is 0 Å². The van der Waals surface area contributed by atoms with Crippen LogP contribution in [-0.2, 0) is 23.8 Å². The molecule has 0 radical (unpaired) electrons. The van der Waals surface area contributed by atoms with Gasteiger partial charge in [-0.25, -0.2) is 0 Å². The third kappa shape index (κ3) is 3.87. The number of hydrogen-bond acceptors (Lipinski definition) is 7. The standard InChI is InChI=1S/C11H19NO7/c1-5(14)12-8-9(16)10(18-6(2)15)7(4-13)19-11(8)17-3/h7-11,13,16H,4H2,1-3H3,(H,12,14)/t7-,8-,9-,10-,11+/m1/s1. The summed E-state index contributed by atoms with van der Waals surface area (Å²) in [4.78, 5) is 22.1. The minimum absolute atomic E-state index is 0.390. The number of carbonyl (C=O) groups is 2. The van der Waals surface area contributed by atoms with Crippen molar-refractivity contribution in [3.05, 3.63) is 0 Å². The van der Waals surface area contributed by atoms with E-state index < -0.39 is 49.1 Å². The Morgan fingerprint density at radius 3 is 2.42 bits per heavy atom. The van der Waals surface area contributed by atoms with Crippen LogP contribution in [0, 0.1) is 0 Å². The third-order valence-electron chi connectivity index (χ3n) is 2.76. The smallest absolute Gasteiger partial charge is 0.303 e. The zero-order chi connectivity index (χ0) is 14.6. The molecule has 1 heterocycles. The van der Waals surface area contributed by atoms with Crippen LogP contribution in [0.4, 0.5) is 0 Å². The minimum Gasteiger partial charge on any atom is -0.457 e. The van der Waals surface area contributed by atoms with E-state index in [1.54, 1.807) is 0 Å². The van der Waals surface area contributed by atoms with Crippen molar-refractivity contribution in [2.24, 2.45) is 0 Å². The number of carbonyl (C=O) groups excluding carboxylic acids is 2. The summed E-state index contributed by atoms with van der Waals surface area (Å²) in [6.07, 6.45) is -4.19. The van der Waals surface area contributed by atoms with Crippen LogP contribution in [0.25, 0.3) is 0 Å². The van der Waals surface area contributed by atoms with Crippen molar-refractivity contribution in [3.63, 3.8) is 0 Å². The molecule has 0 saturated carbocycles. The number of aliphatic hydroxyl groups is 2. The number of ether oxygens (including phenoxy) is 3. The lowest BCUT2D eigenvalue weighted by molar-refractivity contribution is -0.267. The zero-order valence-electron chi connectivity index (χ0n) is 11.0. The van der Waals surface area contributed by atoms with E-state index in [4.69, 9.17) is 14.2 Å². The Bertz CT molecular complexity index is 305. The highest BCUT2D eigenvalue weighted by molar-refractivity contribution is 5.73. The van der Waals surface area contributed by atoms with Crippen molar-refractivity contribution in [2.45, 2.75) is 44.5 Å². The van der Waals surface area contributed by atoms with Crippen LogP contribution in [0.3, 0.4) is 0 Å². The van der Waals surface area contributed by atoms with Gasteiger partial charge in [0.15, 0.2) is 12.4 Å². The lowest BCUT2D eigenvalue weighted by atomic mass is 9.96. The number of hydrogen-bond donors (Lipinski definition) is 3. The van der Waals surface area contributed by atoms with E-state index in [2.05, 4.69) is 5.32 Å². The molecule has 1 rings (SSSR count). The molecule has 8 nitrogen and oxygen atoms in total. The Labute approximate surface area is 110 Å². The molecule has 1 saturated heterocycles. The van der Waals surface area contributed by atoms with Crippen LogP contribution < -0.4 is 5.32 Å². The fourth-order valence-corrected chi connectivity index (χ4v) is 1.99. The van der Waals surface area contributed by atoms with E-state index in [0.29, 0.717) is 0 Å². The molecule has 1 aliphatic heterocycles. The van der Waals surface area contributed by atoms with Crippen LogP contribution in [0.5, 0.6) is 0 Å². The van der Waals surface area contributed by atoms with Crippen molar-refractivity contribution in [1.82, 2.24) is 5.32 Å². The van der Waals surface area contributed by atoms with Gasteiger partial charge in [0, 0.05) is 21.0 Å². The van der Waals surface area contributed by atoms with Crippen LogP contribution in [0.15, 0.2) is 0 Å². The second kappa shape index (κ2) is 6.80. The van der Waals surface area contributed by atoms with Crippen molar-refractivity contribution in [1.29, 1.82) is 0 Å². The van der Waals surface area contributed by atoms with Gasteiger partial charge in [-0.3, -0.25) is 9.59 Å². The summed E-state index contributed by atoms with van der Waals surface area (Å²) in [6.45, 7) is 2.00. The van der Waals surface area contributed by atoms with Gasteiger partial charge in [-0.1, -0.05) is 0 Å². The lowest BCUT2D eigenvalue weighted by Crippen LogP contribution is -2.65. The Morgan fingerprint density at radius 2 is 2.00 bits per heavy atom. The largest absolute Gasteiger partial charge is 0.457 e. The quantitative estimate of drug-likeness (QED) is 0.517. The summed E-state index contributed by atoms with van der Waals surface area (Å²) in [5.74, 6) is -1.01. The number of nitrogens with one attached hydrogen (secondary N) is 1. The molecule has 1 aliphatic rings. The molecule has 8 heteroatoms. The van der Waals surface area contributed by atoms with Gasteiger partial charge in [-0.05, 0) is 0 Å². The number of amides is 1. The number of methoxy groups -OCH3 is 1. The van der Waals surface area contributed by atoms with Crippen molar-refractivity contribution in [3.8, 4) is 0 Å². The van der Waals surface area contributed by atoms with Crippen LogP contribution in [0.1, 0.15) is 13.8 Å². The summed E-state index contributed by atoms with van der Waals surface area (Å²) in [5, 5.41) is 21.8. The fraction of sp³-hybridized carbons (Fsp3) is 0.818. The summed E-state index contributed by atoms with van der Waals surface area (Å²) < 4.78 is 15.3. The van der Waals surface area contributed by atoms with Crippen molar-refractivity contribution < 1.29 is 34.0 Å². The summed E-state index contributed by atoms with van der Waals surface area (Å²) in [6, 6.07) is -0.894. The highest BCUT2D eigenvalue weighted by atomic mass is 16.7. The molecular weight excluding hydrogens is 258 g/mol. The first-order valence-electron chi connectivity index (χ1n) is 5.82. The lowest BCUT2D eigenvalue weighted by Gasteiger charge is -2.42. The molecule has 0 aromatic rings. The molecule has 1 fully saturated rings. The van der Waals surface area contributed by atoms with E-state index in [0.717, 1.165) is 0 Å². The Kier molecular flexibility index (Phi) is 5.67. The molecule has 0 unspecified atom stereocenters. The second-order valence-electron chi connectivity index (χ2n) is 4.25. The SMILES string of the molecule is CO[C@H]1O[C@H](CO)[C@@H](OC(C)=O)[C@H](O)[C@H]1NC(C)=O. The molecule has 0 bridgehead atoms. The van der Waals surface area contributed by atoms with Crippen molar-refractivity contribution >= 4 is 11.9 Å². The topological polar surface area (TPSA) is 114 Å². The van der Waals surface area contributed by atoms with E-state index in [1.165, 1.54) is 21.0 Å². The molecule has 19 heavy (non-hydrogen) atoms. The highest BCUT2D eigenvalue weighted by Crippen LogP contribution is 2.24. The first kappa shape index (κ1) is 15.8. The van der Waals surface area contributed by atoms with Crippen molar-refractivity contribution in [2.75, 3.05) is 13.7 Å². The van der Waals surface area contributed by atoms with Gasteiger partial charge in [-0.2, -0.15) is 0 Å². The second-order valence-corrected chi connectivity index (χ2v) is 4.25. The monoisotopic (exact) mass is 277 g/mol. The predicted octanol–water partition coefficient (Wildman–Crippen LogP) is -1.85. The summed E-state index contributed by atoms with van der Waals surface area (Å²) >= 11 is 0. The average Bonchev–Trinajstić information content (AvgIpc) is 2.33. The highest BCUT2D eigenvalue weighted by Gasteiger charge is 2.47. The maximum atomic E-state index is 11.1. The van der Waals surface area contributed by atoms with Gasteiger partial charge in [0.2, 0.25) is 5.91 Å². The van der Waals surface area contributed by atoms with Gasteiger partial charge >= 0.3 is 5.97 Å². The Morgan fingerprint density at radius 1 is 1.37 bits per heavy atom. The van der Waals surface area contributed by atoms with Gasteiger partial charge < -0.3 is 29.7 Å². The number of aliphatic hydroxyl groups excluding tert-OH is 2. The van der Waals surface area contributed by atoms with E-state index in [-0.39, 0.29) is 0 Å². The van der Waals surface area contributed by atoms with Gasteiger partial charge in [-0.15, -0.1) is 0 Å². The molecule has 110 valence electrons. The Balaban J connectivity index is 2.91. The van der Waals surface area contributed by atoms with E-state index in [1.807, 2.05) is 0 Å². The van der Waals surface area contributed by atoms with Crippen LogP contribution in [0.2, 0.25) is 0 Å². The maximum absolute atomic E-state index is 11.1. The molecule has 1 amide bonds. The van der Waals surface area contributed by atoms with Gasteiger partial charge in [0.1, 0.15) is 18.2 Å². The minimum atomic E-state index is -1.25. The first-order chi connectivity index (χ1) is 8.90. The number of esters is 1. The van der Waals surface area contributed by atoms with E-state index in [9.17, 15) is 19.8 Å². The number of rotatable bonds is 4. The zero-order valence-corrected chi connectivity index (χ0v) is 11.0. The normalized spacial score (nSPS) is 34.7. The fourth-order valence-electron chi connectivity index (χ4n) is 1.99. The Hall–Kier alpha value is -1.22. The molecule has 0 aromatic heterocycles.